The molecule has 0 radical (unpaired) electrons. The number of hydrogen-bond donors (Lipinski definition) is 1. The van der Waals surface area contributed by atoms with Crippen molar-refractivity contribution in [2.24, 2.45) is 0 Å². The Balaban J connectivity index is 1.55. The number of nitrogens with one attached hydrogen (secondary N) is 1. The molecule has 9 nitrogen and oxygen atoms in total. The molecule has 0 aliphatic carbocycles. The van der Waals surface area contributed by atoms with Gasteiger partial charge in [0, 0.05) is 24.3 Å². The van der Waals surface area contributed by atoms with E-state index in [0.717, 1.165) is 12.1 Å². The molecule has 1 fully saturated rings. The first-order chi connectivity index (χ1) is 15.4. The van der Waals surface area contributed by atoms with Crippen molar-refractivity contribution in [1.82, 2.24) is 0 Å². The summed E-state index contributed by atoms with van der Waals surface area (Å²) in [6, 6.07) is 10.3. The maximum Gasteiger partial charge on any atom is 0.310 e. The quantitative estimate of drug-likeness (QED) is 0.595. The van der Waals surface area contributed by atoms with Crippen LogP contribution in [0.4, 0.5) is 11.4 Å². The van der Waals surface area contributed by atoms with E-state index in [0.29, 0.717) is 41.5 Å². The van der Waals surface area contributed by atoms with Gasteiger partial charge in [0.2, 0.25) is 11.7 Å². The highest BCUT2D eigenvalue weighted by molar-refractivity contribution is 5.97. The molecule has 1 saturated heterocycles. The Morgan fingerprint density at radius 3 is 2.34 bits per heavy atom. The van der Waals surface area contributed by atoms with Crippen LogP contribution in [0.25, 0.3) is 0 Å². The van der Waals surface area contributed by atoms with Gasteiger partial charge in [-0.3, -0.25) is 14.4 Å². The van der Waals surface area contributed by atoms with Crippen LogP contribution >= 0.6 is 0 Å². The van der Waals surface area contributed by atoms with Crippen LogP contribution in [0.5, 0.6) is 17.2 Å². The van der Waals surface area contributed by atoms with Crippen molar-refractivity contribution in [3.63, 3.8) is 0 Å². The van der Waals surface area contributed by atoms with Crippen LogP contribution in [0, 0.1) is 0 Å². The van der Waals surface area contributed by atoms with Gasteiger partial charge in [-0.2, -0.15) is 0 Å². The Labute approximate surface area is 186 Å². The van der Waals surface area contributed by atoms with Gasteiger partial charge < -0.3 is 29.2 Å². The minimum atomic E-state index is -0.578. The fourth-order valence-corrected chi connectivity index (χ4v) is 3.47. The molecule has 1 aliphatic heterocycles. The lowest BCUT2D eigenvalue weighted by Gasteiger charge is -2.16. The Morgan fingerprint density at radius 2 is 1.75 bits per heavy atom. The molecule has 0 spiro atoms. The van der Waals surface area contributed by atoms with E-state index in [1.54, 1.807) is 35.2 Å². The molecule has 0 aromatic heterocycles. The predicted octanol–water partition coefficient (Wildman–Crippen LogP) is 2.56. The molecule has 1 N–H and O–H groups in total. The summed E-state index contributed by atoms with van der Waals surface area (Å²) in [5.74, 6) is 0.269. The van der Waals surface area contributed by atoms with Gasteiger partial charge in [-0.05, 0) is 42.3 Å². The molecular weight excluding hydrogens is 416 g/mol. The van der Waals surface area contributed by atoms with E-state index in [-0.39, 0.29) is 12.3 Å². The number of carbonyl (C=O) groups excluding carboxylic acids is 3. The number of methoxy groups -OCH3 is 3. The number of carbonyl (C=O) groups is 3. The topological polar surface area (TPSA) is 103 Å². The highest BCUT2D eigenvalue weighted by Gasteiger charge is 2.22. The second kappa shape index (κ2) is 10.5. The van der Waals surface area contributed by atoms with Crippen molar-refractivity contribution in [3.8, 4) is 17.2 Å². The molecule has 0 atom stereocenters. The third-order valence-electron chi connectivity index (χ3n) is 4.95. The molecule has 170 valence electrons. The summed E-state index contributed by atoms with van der Waals surface area (Å²) in [7, 11) is 4.46. The van der Waals surface area contributed by atoms with Crippen molar-refractivity contribution >= 4 is 29.2 Å². The summed E-state index contributed by atoms with van der Waals surface area (Å²) in [4.78, 5) is 38.1. The van der Waals surface area contributed by atoms with Crippen LogP contribution in [0.1, 0.15) is 18.4 Å². The minimum Gasteiger partial charge on any atom is -0.493 e. The summed E-state index contributed by atoms with van der Waals surface area (Å²) in [6.07, 6.45) is 1.27. The summed E-state index contributed by atoms with van der Waals surface area (Å²) in [5.41, 5.74) is 1.84. The molecule has 2 amide bonds. The first kappa shape index (κ1) is 22.9. The van der Waals surface area contributed by atoms with Crippen LogP contribution in [-0.2, 0) is 25.5 Å². The van der Waals surface area contributed by atoms with Crippen LogP contribution in [0.15, 0.2) is 36.4 Å². The molecule has 0 unspecified atom stereocenters. The Hall–Kier alpha value is -3.75. The molecule has 2 aromatic rings. The number of rotatable bonds is 9. The third-order valence-corrected chi connectivity index (χ3v) is 4.95. The van der Waals surface area contributed by atoms with Crippen molar-refractivity contribution in [1.29, 1.82) is 0 Å². The van der Waals surface area contributed by atoms with E-state index in [4.69, 9.17) is 18.9 Å². The SMILES string of the molecule is COc1cc(CC(=O)OCC(=O)Nc2cccc(N3CCCC3=O)c2)cc(OC)c1OC. The fraction of sp³-hybridized carbons (Fsp3) is 0.348. The van der Waals surface area contributed by atoms with Crippen molar-refractivity contribution in [2.45, 2.75) is 19.3 Å². The molecule has 2 aromatic carbocycles. The molecule has 0 saturated carbocycles. The van der Waals surface area contributed by atoms with Crippen LogP contribution in [-0.4, -0.2) is 52.3 Å². The lowest BCUT2D eigenvalue weighted by Crippen LogP contribution is -2.24. The third kappa shape index (κ3) is 5.48. The Morgan fingerprint density at radius 1 is 1.03 bits per heavy atom. The summed E-state index contributed by atoms with van der Waals surface area (Å²) < 4.78 is 20.9. The second-order valence-corrected chi connectivity index (χ2v) is 7.12. The van der Waals surface area contributed by atoms with Gasteiger partial charge in [0.15, 0.2) is 18.1 Å². The summed E-state index contributed by atoms with van der Waals surface area (Å²) in [5, 5.41) is 2.68. The van der Waals surface area contributed by atoms with Gasteiger partial charge in [-0.1, -0.05) is 6.07 Å². The van der Waals surface area contributed by atoms with Gasteiger partial charge in [0.25, 0.3) is 5.91 Å². The zero-order valence-corrected chi connectivity index (χ0v) is 18.3. The van der Waals surface area contributed by atoms with Crippen LogP contribution in [0.2, 0.25) is 0 Å². The van der Waals surface area contributed by atoms with Gasteiger partial charge in [-0.15, -0.1) is 0 Å². The van der Waals surface area contributed by atoms with E-state index in [1.807, 2.05) is 6.07 Å². The molecule has 0 bridgehead atoms. The monoisotopic (exact) mass is 442 g/mol. The first-order valence-corrected chi connectivity index (χ1v) is 10.1. The predicted molar refractivity (Wildman–Crippen MR) is 117 cm³/mol. The lowest BCUT2D eigenvalue weighted by molar-refractivity contribution is -0.146. The number of amides is 2. The average Bonchev–Trinajstić information content (AvgIpc) is 3.23. The number of anilines is 2. The average molecular weight is 442 g/mol. The smallest absolute Gasteiger partial charge is 0.310 e. The van der Waals surface area contributed by atoms with Crippen molar-refractivity contribution in [3.05, 3.63) is 42.0 Å². The number of nitrogens with zero attached hydrogens (tertiary/aromatic N) is 1. The molecule has 32 heavy (non-hydrogen) atoms. The highest BCUT2D eigenvalue weighted by Crippen LogP contribution is 2.38. The molecule has 9 heteroatoms. The van der Waals surface area contributed by atoms with Gasteiger partial charge in [0.1, 0.15) is 0 Å². The number of esters is 1. The molecular formula is C23H26N2O7. The van der Waals surface area contributed by atoms with E-state index < -0.39 is 18.5 Å². The van der Waals surface area contributed by atoms with E-state index >= 15 is 0 Å². The number of ether oxygens (including phenoxy) is 4. The van der Waals surface area contributed by atoms with E-state index in [1.165, 1.54) is 21.3 Å². The second-order valence-electron chi connectivity index (χ2n) is 7.12. The molecule has 1 aliphatic rings. The largest absolute Gasteiger partial charge is 0.493 e. The van der Waals surface area contributed by atoms with Gasteiger partial charge in [-0.25, -0.2) is 0 Å². The standard InChI is InChI=1S/C23H26N2O7/c1-29-18-10-15(11-19(30-2)23(18)31-3)12-22(28)32-14-20(26)24-16-6-4-7-17(13-16)25-9-5-8-21(25)27/h4,6-7,10-11,13H,5,8-9,12,14H2,1-3H3,(H,24,26). The summed E-state index contributed by atoms with van der Waals surface area (Å²) >= 11 is 0. The highest BCUT2D eigenvalue weighted by atomic mass is 16.5. The van der Waals surface area contributed by atoms with E-state index in [2.05, 4.69) is 5.32 Å². The zero-order valence-electron chi connectivity index (χ0n) is 18.3. The summed E-state index contributed by atoms with van der Waals surface area (Å²) in [6.45, 7) is 0.227. The lowest BCUT2D eigenvalue weighted by atomic mass is 10.1. The van der Waals surface area contributed by atoms with Gasteiger partial charge in [0.05, 0.1) is 27.8 Å². The van der Waals surface area contributed by atoms with Crippen LogP contribution in [0.3, 0.4) is 0 Å². The number of hydrogen-bond acceptors (Lipinski definition) is 7. The molecule has 3 rings (SSSR count). The van der Waals surface area contributed by atoms with Crippen molar-refractivity contribution < 1.29 is 33.3 Å². The minimum absolute atomic E-state index is 0.0641. The zero-order chi connectivity index (χ0) is 23.1. The Bertz CT molecular complexity index is 981. The maximum atomic E-state index is 12.2. The van der Waals surface area contributed by atoms with Gasteiger partial charge >= 0.3 is 5.97 Å². The maximum absolute atomic E-state index is 12.2. The first-order valence-electron chi connectivity index (χ1n) is 10.1. The number of benzene rings is 2. The molecule has 1 heterocycles. The normalized spacial score (nSPS) is 13.0. The van der Waals surface area contributed by atoms with E-state index in [9.17, 15) is 14.4 Å². The van der Waals surface area contributed by atoms with Crippen molar-refractivity contribution in [2.75, 3.05) is 44.7 Å². The fourth-order valence-electron chi connectivity index (χ4n) is 3.47. The Kier molecular flexibility index (Phi) is 7.54. The van der Waals surface area contributed by atoms with Crippen LogP contribution < -0.4 is 24.4 Å².